The highest BCUT2D eigenvalue weighted by Crippen LogP contribution is 2.39. The molecule has 102 valence electrons. The van der Waals surface area contributed by atoms with E-state index in [2.05, 4.69) is 5.32 Å². The highest BCUT2D eigenvalue weighted by molar-refractivity contribution is 5.87. The zero-order valence-electron chi connectivity index (χ0n) is 11.6. The van der Waals surface area contributed by atoms with Crippen LogP contribution in [0.1, 0.15) is 32.3 Å². The molecule has 19 heavy (non-hydrogen) atoms. The Balaban J connectivity index is 1.67. The molecule has 3 rings (SSSR count). The molecule has 1 aliphatic heterocycles. The van der Waals surface area contributed by atoms with E-state index in [1.165, 1.54) is 0 Å². The third-order valence-electron chi connectivity index (χ3n) is 4.64. The molecule has 1 heterocycles. The topological polar surface area (TPSA) is 38.3 Å². The van der Waals surface area contributed by atoms with E-state index in [1.54, 1.807) is 0 Å². The molecule has 2 aliphatic rings. The molecule has 2 fully saturated rings. The largest absolute Gasteiger partial charge is 0.378 e. The SMILES string of the molecule is CC(C)(C(=O)N[C@H]1C[C@@H]2OCC[C@H]12)c1ccccc1. The predicted molar refractivity (Wildman–Crippen MR) is 73.9 cm³/mol. The fourth-order valence-corrected chi connectivity index (χ4v) is 3.10. The van der Waals surface area contributed by atoms with E-state index in [0.29, 0.717) is 18.1 Å². The number of amides is 1. The highest BCUT2D eigenvalue weighted by atomic mass is 16.5. The summed E-state index contributed by atoms with van der Waals surface area (Å²) in [7, 11) is 0. The quantitative estimate of drug-likeness (QED) is 0.904. The van der Waals surface area contributed by atoms with E-state index in [0.717, 1.165) is 25.0 Å². The summed E-state index contributed by atoms with van der Waals surface area (Å²) in [5.74, 6) is 0.657. The average Bonchev–Trinajstić information content (AvgIpc) is 2.78. The second kappa shape index (κ2) is 4.64. The number of hydrogen-bond donors (Lipinski definition) is 1. The van der Waals surface area contributed by atoms with E-state index in [-0.39, 0.29) is 5.91 Å². The normalized spacial score (nSPS) is 29.5. The Bertz CT molecular complexity index is 469. The molecule has 1 saturated carbocycles. The summed E-state index contributed by atoms with van der Waals surface area (Å²) in [6.07, 6.45) is 2.45. The van der Waals surface area contributed by atoms with Gasteiger partial charge in [0.2, 0.25) is 5.91 Å². The predicted octanol–water partition coefficient (Wildman–Crippen LogP) is 2.26. The molecule has 3 nitrogen and oxygen atoms in total. The molecule has 1 amide bonds. The zero-order valence-corrected chi connectivity index (χ0v) is 11.6. The van der Waals surface area contributed by atoms with Gasteiger partial charge in [0.1, 0.15) is 0 Å². The minimum atomic E-state index is -0.480. The molecule has 0 unspecified atom stereocenters. The van der Waals surface area contributed by atoms with Gasteiger partial charge in [-0.05, 0) is 32.3 Å². The van der Waals surface area contributed by atoms with Crippen molar-refractivity contribution in [3.05, 3.63) is 35.9 Å². The van der Waals surface area contributed by atoms with Crippen LogP contribution in [0.4, 0.5) is 0 Å². The van der Waals surface area contributed by atoms with E-state index < -0.39 is 5.41 Å². The van der Waals surface area contributed by atoms with Crippen LogP contribution in [0, 0.1) is 5.92 Å². The Kier molecular flexibility index (Phi) is 3.09. The smallest absolute Gasteiger partial charge is 0.230 e. The van der Waals surface area contributed by atoms with Gasteiger partial charge in [0.25, 0.3) is 0 Å². The van der Waals surface area contributed by atoms with Crippen molar-refractivity contribution in [2.24, 2.45) is 5.92 Å². The van der Waals surface area contributed by atoms with Crippen LogP contribution in [-0.2, 0) is 14.9 Å². The number of ether oxygens (including phenoxy) is 1. The Labute approximate surface area is 114 Å². The molecule has 0 spiro atoms. The summed E-state index contributed by atoms with van der Waals surface area (Å²) in [5.41, 5.74) is 0.581. The zero-order chi connectivity index (χ0) is 13.5. The third-order valence-corrected chi connectivity index (χ3v) is 4.64. The molecule has 3 atom stereocenters. The lowest BCUT2D eigenvalue weighted by atomic mass is 9.75. The second-order valence-corrected chi connectivity index (χ2v) is 6.17. The molecule has 1 aromatic carbocycles. The number of rotatable bonds is 3. The van der Waals surface area contributed by atoms with Crippen molar-refractivity contribution < 1.29 is 9.53 Å². The molecule has 0 radical (unpaired) electrons. The first-order valence-electron chi connectivity index (χ1n) is 7.07. The van der Waals surface area contributed by atoms with Crippen molar-refractivity contribution in [1.82, 2.24) is 5.32 Å². The number of carbonyl (C=O) groups is 1. The molecule has 0 aromatic heterocycles. The van der Waals surface area contributed by atoms with Crippen molar-refractivity contribution in [2.75, 3.05) is 6.61 Å². The van der Waals surface area contributed by atoms with Gasteiger partial charge in [0.15, 0.2) is 0 Å². The first kappa shape index (κ1) is 12.7. The summed E-state index contributed by atoms with van der Waals surface area (Å²) >= 11 is 0. The van der Waals surface area contributed by atoms with Crippen molar-refractivity contribution in [3.8, 4) is 0 Å². The van der Waals surface area contributed by atoms with Crippen LogP contribution in [0.5, 0.6) is 0 Å². The number of nitrogens with one attached hydrogen (secondary N) is 1. The van der Waals surface area contributed by atoms with Gasteiger partial charge in [0, 0.05) is 18.6 Å². The number of benzene rings is 1. The number of carbonyl (C=O) groups excluding carboxylic acids is 1. The van der Waals surface area contributed by atoms with Crippen molar-refractivity contribution >= 4 is 5.91 Å². The summed E-state index contributed by atoms with van der Waals surface area (Å²) in [6, 6.07) is 10.3. The summed E-state index contributed by atoms with van der Waals surface area (Å²) < 4.78 is 5.58. The van der Waals surface area contributed by atoms with Gasteiger partial charge in [-0.1, -0.05) is 30.3 Å². The molecular weight excluding hydrogens is 238 g/mol. The van der Waals surface area contributed by atoms with Gasteiger partial charge in [-0.15, -0.1) is 0 Å². The first-order chi connectivity index (χ1) is 9.09. The Morgan fingerprint density at radius 1 is 1.32 bits per heavy atom. The Morgan fingerprint density at radius 3 is 2.74 bits per heavy atom. The van der Waals surface area contributed by atoms with Gasteiger partial charge in [-0.3, -0.25) is 4.79 Å². The Hall–Kier alpha value is -1.35. The van der Waals surface area contributed by atoms with Crippen LogP contribution >= 0.6 is 0 Å². The van der Waals surface area contributed by atoms with Gasteiger partial charge in [-0.25, -0.2) is 0 Å². The molecule has 1 saturated heterocycles. The number of fused-ring (bicyclic) bond motifs is 1. The summed E-state index contributed by atoms with van der Waals surface area (Å²) in [5, 5.41) is 3.21. The van der Waals surface area contributed by atoms with E-state index >= 15 is 0 Å². The fourth-order valence-electron chi connectivity index (χ4n) is 3.10. The highest BCUT2D eigenvalue weighted by Gasteiger charge is 2.47. The molecule has 1 aliphatic carbocycles. The lowest BCUT2D eigenvalue weighted by Gasteiger charge is -2.41. The molecular formula is C16H21NO2. The monoisotopic (exact) mass is 259 g/mol. The van der Waals surface area contributed by atoms with Crippen molar-refractivity contribution in [3.63, 3.8) is 0 Å². The maximum absolute atomic E-state index is 12.5. The standard InChI is InChI=1S/C16H21NO2/c1-16(2,11-6-4-3-5-7-11)15(18)17-13-10-14-12(13)8-9-19-14/h3-7,12-14H,8-10H2,1-2H3,(H,17,18)/t12-,13+,14+/m1/s1. The van der Waals surface area contributed by atoms with Crippen LogP contribution in [0.25, 0.3) is 0 Å². The average molecular weight is 259 g/mol. The van der Waals surface area contributed by atoms with Crippen LogP contribution in [-0.4, -0.2) is 24.7 Å². The molecule has 1 N–H and O–H groups in total. The van der Waals surface area contributed by atoms with Crippen LogP contribution in [0.15, 0.2) is 30.3 Å². The first-order valence-corrected chi connectivity index (χ1v) is 7.07. The number of hydrogen-bond acceptors (Lipinski definition) is 2. The van der Waals surface area contributed by atoms with E-state index in [1.807, 2.05) is 44.2 Å². The summed E-state index contributed by atoms with van der Waals surface area (Å²) in [4.78, 5) is 12.5. The Morgan fingerprint density at radius 2 is 2.05 bits per heavy atom. The third kappa shape index (κ3) is 2.16. The van der Waals surface area contributed by atoms with Crippen LogP contribution in [0.2, 0.25) is 0 Å². The van der Waals surface area contributed by atoms with Gasteiger partial charge >= 0.3 is 0 Å². The summed E-state index contributed by atoms with van der Waals surface area (Å²) in [6.45, 7) is 4.82. The van der Waals surface area contributed by atoms with Gasteiger partial charge in [-0.2, -0.15) is 0 Å². The molecule has 1 aromatic rings. The van der Waals surface area contributed by atoms with E-state index in [9.17, 15) is 4.79 Å². The van der Waals surface area contributed by atoms with Gasteiger partial charge in [0.05, 0.1) is 11.5 Å². The van der Waals surface area contributed by atoms with Gasteiger partial charge < -0.3 is 10.1 Å². The van der Waals surface area contributed by atoms with Crippen molar-refractivity contribution in [1.29, 1.82) is 0 Å². The maximum Gasteiger partial charge on any atom is 0.230 e. The molecule has 0 bridgehead atoms. The fraction of sp³-hybridized carbons (Fsp3) is 0.562. The van der Waals surface area contributed by atoms with Crippen LogP contribution in [0.3, 0.4) is 0 Å². The lowest BCUT2D eigenvalue weighted by molar-refractivity contribution is -0.128. The maximum atomic E-state index is 12.5. The van der Waals surface area contributed by atoms with E-state index in [4.69, 9.17) is 4.74 Å². The lowest BCUT2D eigenvalue weighted by Crippen LogP contribution is -2.56. The second-order valence-electron chi connectivity index (χ2n) is 6.17. The minimum Gasteiger partial charge on any atom is -0.378 e. The van der Waals surface area contributed by atoms with Crippen molar-refractivity contribution in [2.45, 2.75) is 44.2 Å². The molecule has 3 heteroatoms. The minimum absolute atomic E-state index is 0.119. The van der Waals surface area contributed by atoms with Crippen LogP contribution < -0.4 is 5.32 Å².